The van der Waals surface area contributed by atoms with E-state index < -0.39 is 0 Å². The Morgan fingerprint density at radius 1 is 1.14 bits per heavy atom. The van der Waals surface area contributed by atoms with E-state index >= 15 is 0 Å². The SMILES string of the molecule is Cc1ccc2c(c1)N(Sc1cccc3c(=O)[nH]ccc13)CC2. The minimum Gasteiger partial charge on any atom is -0.329 e. The van der Waals surface area contributed by atoms with Crippen LogP contribution in [0.25, 0.3) is 10.8 Å². The summed E-state index contributed by atoms with van der Waals surface area (Å²) in [5.41, 5.74) is 3.95. The van der Waals surface area contributed by atoms with E-state index in [1.165, 1.54) is 16.8 Å². The smallest absolute Gasteiger partial charge is 0.255 e. The number of fused-ring (bicyclic) bond motifs is 2. The summed E-state index contributed by atoms with van der Waals surface area (Å²) in [6, 6.07) is 14.5. The molecule has 2 aromatic carbocycles. The summed E-state index contributed by atoms with van der Waals surface area (Å²) in [4.78, 5) is 15.8. The van der Waals surface area contributed by atoms with Gasteiger partial charge >= 0.3 is 0 Å². The topological polar surface area (TPSA) is 36.1 Å². The molecule has 0 amide bonds. The van der Waals surface area contributed by atoms with Crippen LogP contribution in [0.4, 0.5) is 5.69 Å². The van der Waals surface area contributed by atoms with Crippen LogP contribution in [0.2, 0.25) is 0 Å². The van der Waals surface area contributed by atoms with E-state index in [2.05, 4.69) is 40.5 Å². The van der Waals surface area contributed by atoms with Crippen LogP contribution in [-0.2, 0) is 6.42 Å². The van der Waals surface area contributed by atoms with Crippen LogP contribution in [0.3, 0.4) is 0 Å². The molecule has 0 bridgehead atoms. The summed E-state index contributed by atoms with van der Waals surface area (Å²) in [6.45, 7) is 3.13. The van der Waals surface area contributed by atoms with Crippen molar-refractivity contribution in [1.29, 1.82) is 0 Å². The molecular formula is C18H16N2OS. The molecule has 22 heavy (non-hydrogen) atoms. The summed E-state index contributed by atoms with van der Waals surface area (Å²) in [7, 11) is 0. The Balaban J connectivity index is 1.76. The second-order valence-electron chi connectivity index (χ2n) is 5.60. The molecule has 1 aliphatic heterocycles. The highest BCUT2D eigenvalue weighted by Crippen LogP contribution is 2.38. The summed E-state index contributed by atoms with van der Waals surface area (Å²) in [5, 5.41) is 1.76. The average Bonchev–Trinajstić information content (AvgIpc) is 2.91. The molecule has 2 heterocycles. The number of rotatable bonds is 2. The molecule has 3 aromatic rings. The molecule has 3 nitrogen and oxygen atoms in total. The number of benzene rings is 2. The maximum atomic E-state index is 11.9. The molecule has 0 unspecified atom stereocenters. The minimum atomic E-state index is -0.0300. The third-order valence-corrected chi connectivity index (χ3v) is 5.23. The zero-order chi connectivity index (χ0) is 15.1. The van der Waals surface area contributed by atoms with Crippen molar-refractivity contribution in [3.63, 3.8) is 0 Å². The molecular weight excluding hydrogens is 292 g/mol. The largest absolute Gasteiger partial charge is 0.329 e. The van der Waals surface area contributed by atoms with Crippen LogP contribution in [0.5, 0.6) is 0 Å². The quantitative estimate of drug-likeness (QED) is 0.729. The first-order valence-corrected chi connectivity index (χ1v) is 8.15. The lowest BCUT2D eigenvalue weighted by atomic mass is 10.1. The lowest BCUT2D eigenvalue weighted by Crippen LogP contribution is -2.11. The summed E-state index contributed by atoms with van der Waals surface area (Å²) < 4.78 is 2.33. The van der Waals surface area contributed by atoms with Gasteiger partial charge in [0.15, 0.2) is 0 Å². The van der Waals surface area contributed by atoms with E-state index in [0.29, 0.717) is 0 Å². The van der Waals surface area contributed by atoms with Crippen LogP contribution in [0.15, 0.2) is 58.4 Å². The molecule has 1 aromatic heterocycles. The normalized spacial score (nSPS) is 13.6. The highest BCUT2D eigenvalue weighted by molar-refractivity contribution is 8.00. The Labute approximate surface area is 133 Å². The molecule has 110 valence electrons. The Hall–Kier alpha value is -2.20. The van der Waals surface area contributed by atoms with Crippen LogP contribution in [-0.4, -0.2) is 11.5 Å². The van der Waals surface area contributed by atoms with Gasteiger partial charge in [0.2, 0.25) is 0 Å². The van der Waals surface area contributed by atoms with Gasteiger partial charge in [-0.2, -0.15) is 0 Å². The maximum absolute atomic E-state index is 11.9. The number of hydrogen-bond donors (Lipinski definition) is 1. The highest BCUT2D eigenvalue weighted by Gasteiger charge is 2.20. The van der Waals surface area contributed by atoms with E-state index in [1.54, 1.807) is 18.1 Å². The Morgan fingerprint density at radius 3 is 2.95 bits per heavy atom. The Morgan fingerprint density at radius 2 is 2.05 bits per heavy atom. The molecule has 0 fully saturated rings. The van der Waals surface area contributed by atoms with E-state index in [4.69, 9.17) is 0 Å². The standard InChI is InChI=1S/C18H16N2OS/c1-12-5-6-13-8-10-20(16(13)11-12)22-17-4-2-3-15-14(17)7-9-19-18(15)21/h2-7,9,11H,8,10H2,1H3,(H,19,21). The van der Waals surface area contributed by atoms with Crippen LogP contribution < -0.4 is 9.86 Å². The van der Waals surface area contributed by atoms with E-state index in [0.717, 1.165) is 28.6 Å². The van der Waals surface area contributed by atoms with Crippen molar-refractivity contribution in [3.8, 4) is 0 Å². The lowest BCUT2D eigenvalue weighted by molar-refractivity contribution is 1.05. The first-order valence-electron chi connectivity index (χ1n) is 7.38. The number of aryl methyl sites for hydroxylation is 1. The van der Waals surface area contributed by atoms with Gasteiger partial charge in [0.25, 0.3) is 5.56 Å². The Kier molecular flexibility index (Phi) is 3.19. The molecule has 0 saturated carbocycles. The molecule has 4 heteroatoms. The average molecular weight is 308 g/mol. The number of nitrogens with zero attached hydrogens (tertiary/aromatic N) is 1. The Bertz CT molecular complexity index is 916. The van der Waals surface area contributed by atoms with Crippen molar-refractivity contribution in [2.75, 3.05) is 10.8 Å². The first-order chi connectivity index (χ1) is 10.7. The molecule has 0 atom stereocenters. The fraction of sp³-hybridized carbons (Fsp3) is 0.167. The van der Waals surface area contributed by atoms with Crippen LogP contribution in [0.1, 0.15) is 11.1 Å². The minimum absolute atomic E-state index is 0.0300. The van der Waals surface area contributed by atoms with Crippen LogP contribution >= 0.6 is 11.9 Å². The van der Waals surface area contributed by atoms with E-state index in [-0.39, 0.29) is 5.56 Å². The van der Waals surface area contributed by atoms with Crippen molar-refractivity contribution in [2.24, 2.45) is 0 Å². The van der Waals surface area contributed by atoms with Crippen molar-refractivity contribution in [1.82, 2.24) is 4.98 Å². The summed E-state index contributed by atoms with van der Waals surface area (Å²) in [5.74, 6) is 0. The predicted molar refractivity (Wildman–Crippen MR) is 92.7 cm³/mol. The van der Waals surface area contributed by atoms with Gasteiger partial charge in [-0.15, -0.1) is 0 Å². The molecule has 0 radical (unpaired) electrons. The van der Waals surface area contributed by atoms with Crippen molar-refractivity contribution < 1.29 is 0 Å². The van der Waals surface area contributed by atoms with E-state index in [9.17, 15) is 4.79 Å². The van der Waals surface area contributed by atoms with Gasteiger partial charge in [-0.3, -0.25) is 4.79 Å². The zero-order valence-electron chi connectivity index (χ0n) is 12.3. The highest BCUT2D eigenvalue weighted by atomic mass is 32.2. The number of aromatic nitrogens is 1. The number of anilines is 1. The molecule has 1 aliphatic rings. The van der Waals surface area contributed by atoms with Crippen molar-refractivity contribution in [2.45, 2.75) is 18.2 Å². The lowest BCUT2D eigenvalue weighted by Gasteiger charge is -2.19. The third kappa shape index (κ3) is 2.20. The van der Waals surface area contributed by atoms with Gasteiger partial charge in [0.1, 0.15) is 0 Å². The van der Waals surface area contributed by atoms with E-state index in [1.807, 2.05) is 18.2 Å². The molecule has 0 saturated heterocycles. The fourth-order valence-corrected chi connectivity index (χ4v) is 4.05. The monoisotopic (exact) mass is 308 g/mol. The second kappa shape index (κ2) is 5.21. The molecule has 0 spiro atoms. The summed E-state index contributed by atoms with van der Waals surface area (Å²) in [6.07, 6.45) is 2.80. The maximum Gasteiger partial charge on any atom is 0.255 e. The number of hydrogen-bond acceptors (Lipinski definition) is 3. The number of aromatic amines is 1. The van der Waals surface area contributed by atoms with Gasteiger partial charge in [-0.05, 0) is 60.7 Å². The van der Waals surface area contributed by atoms with Gasteiger partial charge < -0.3 is 9.29 Å². The molecule has 0 aliphatic carbocycles. The van der Waals surface area contributed by atoms with Crippen molar-refractivity contribution in [3.05, 3.63) is 70.1 Å². The third-order valence-electron chi connectivity index (χ3n) is 4.08. The van der Waals surface area contributed by atoms with Gasteiger partial charge in [-0.25, -0.2) is 0 Å². The first kappa shape index (κ1) is 13.5. The van der Waals surface area contributed by atoms with Gasteiger partial charge in [0, 0.05) is 28.4 Å². The van der Waals surface area contributed by atoms with Crippen LogP contribution in [0, 0.1) is 6.92 Å². The van der Waals surface area contributed by atoms with Gasteiger partial charge in [-0.1, -0.05) is 18.2 Å². The summed E-state index contributed by atoms with van der Waals surface area (Å²) >= 11 is 1.72. The zero-order valence-corrected chi connectivity index (χ0v) is 13.1. The fourth-order valence-electron chi connectivity index (χ4n) is 2.95. The molecule has 4 rings (SSSR count). The number of nitrogens with one attached hydrogen (secondary N) is 1. The molecule has 1 N–H and O–H groups in total. The van der Waals surface area contributed by atoms with Gasteiger partial charge in [0.05, 0.1) is 5.69 Å². The number of H-pyrrole nitrogens is 1. The number of pyridine rings is 1. The predicted octanol–water partition coefficient (Wildman–Crippen LogP) is 3.91. The van der Waals surface area contributed by atoms with Crippen molar-refractivity contribution >= 4 is 28.4 Å². The second-order valence-corrected chi connectivity index (χ2v) is 6.66.